The van der Waals surface area contributed by atoms with Crippen LogP contribution in [0.1, 0.15) is 17.7 Å². The lowest BCUT2D eigenvalue weighted by Gasteiger charge is -2.19. The van der Waals surface area contributed by atoms with Gasteiger partial charge < -0.3 is 14.8 Å². The van der Waals surface area contributed by atoms with E-state index in [0.717, 1.165) is 36.5 Å². The van der Waals surface area contributed by atoms with Crippen LogP contribution < -0.4 is 15.7 Å². The molecule has 0 saturated carbocycles. The molecule has 0 saturated heterocycles. The summed E-state index contributed by atoms with van der Waals surface area (Å²) in [5.74, 6) is -0.320. The van der Waals surface area contributed by atoms with Crippen LogP contribution in [0.3, 0.4) is 0 Å². The van der Waals surface area contributed by atoms with Crippen molar-refractivity contribution >= 4 is 5.82 Å². The van der Waals surface area contributed by atoms with Gasteiger partial charge in [0.25, 0.3) is 0 Å². The molecular formula is C22H21F2N3O3. The molecule has 0 radical (unpaired) electrons. The topological polar surface area (TPSA) is 65.4 Å². The van der Waals surface area contributed by atoms with Crippen molar-refractivity contribution in [2.45, 2.75) is 26.0 Å². The quantitative estimate of drug-likeness (QED) is 0.596. The number of halogens is 2. The second-order valence-electron chi connectivity index (χ2n) is 6.97. The van der Waals surface area contributed by atoms with E-state index in [1.165, 1.54) is 6.07 Å². The van der Waals surface area contributed by atoms with Gasteiger partial charge in [-0.25, -0.2) is 13.6 Å². The zero-order valence-corrected chi connectivity index (χ0v) is 16.2. The van der Waals surface area contributed by atoms with E-state index in [4.69, 9.17) is 9.47 Å². The normalized spacial score (nSPS) is 12.9. The maximum absolute atomic E-state index is 13.3. The van der Waals surface area contributed by atoms with Gasteiger partial charge >= 0.3 is 5.69 Å². The SMILES string of the molecule is O=c1nc(COCCc2ccc(Oc3ccc(F)c(F)c3)cc2)cc2n1CCCN2. The summed E-state index contributed by atoms with van der Waals surface area (Å²) in [4.78, 5) is 16.1. The van der Waals surface area contributed by atoms with Gasteiger partial charge in [-0.15, -0.1) is 0 Å². The molecule has 1 aliphatic heterocycles. The number of benzene rings is 2. The molecule has 156 valence electrons. The van der Waals surface area contributed by atoms with Gasteiger partial charge in [-0.3, -0.25) is 4.57 Å². The molecule has 1 aromatic heterocycles. The van der Waals surface area contributed by atoms with E-state index in [1.807, 2.05) is 18.2 Å². The van der Waals surface area contributed by atoms with E-state index in [0.29, 0.717) is 31.0 Å². The molecule has 8 heteroatoms. The Morgan fingerprint density at radius 2 is 1.83 bits per heavy atom. The number of hydrogen-bond donors (Lipinski definition) is 1. The second-order valence-corrected chi connectivity index (χ2v) is 6.97. The van der Waals surface area contributed by atoms with Crippen molar-refractivity contribution in [3.8, 4) is 11.5 Å². The molecule has 6 nitrogen and oxygen atoms in total. The van der Waals surface area contributed by atoms with Gasteiger partial charge in [-0.2, -0.15) is 4.98 Å². The molecule has 30 heavy (non-hydrogen) atoms. The van der Waals surface area contributed by atoms with Crippen LogP contribution in [0.2, 0.25) is 0 Å². The minimum Gasteiger partial charge on any atom is -0.457 e. The standard InChI is InChI=1S/C22H21F2N3O3/c23-19-7-6-18(13-20(19)24)30-17-4-2-15(3-5-17)8-11-29-14-16-12-21-25-9-1-10-27(21)22(28)26-16/h2-7,12-13,25H,1,8-11,14H2. The monoisotopic (exact) mass is 413 g/mol. The average Bonchev–Trinajstić information content (AvgIpc) is 2.75. The molecule has 1 aliphatic rings. The van der Waals surface area contributed by atoms with Crippen LogP contribution in [-0.2, 0) is 24.3 Å². The fraction of sp³-hybridized carbons (Fsp3) is 0.273. The Labute approximate surface area is 172 Å². The first-order chi connectivity index (χ1) is 14.6. The van der Waals surface area contributed by atoms with Gasteiger partial charge in [0.1, 0.15) is 17.3 Å². The number of anilines is 1. The van der Waals surface area contributed by atoms with Crippen LogP contribution >= 0.6 is 0 Å². The molecule has 0 unspecified atom stereocenters. The summed E-state index contributed by atoms with van der Waals surface area (Å²) in [6.45, 7) is 2.27. The number of fused-ring (bicyclic) bond motifs is 1. The fourth-order valence-corrected chi connectivity index (χ4v) is 3.21. The van der Waals surface area contributed by atoms with Crippen molar-refractivity contribution in [2.24, 2.45) is 0 Å². The van der Waals surface area contributed by atoms with E-state index in [1.54, 1.807) is 16.7 Å². The summed E-state index contributed by atoms with van der Waals surface area (Å²) in [7, 11) is 0. The Morgan fingerprint density at radius 1 is 1.03 bits per heavy atom. The molecule has 0 amide bonds. The fourth-order valence-electron chi connectivity index (χ4n) is 3.21. The Hall–Kier alpha value is -3.26. The lowest BCUT2D eigenvalue weighted by atomic mass is 10.1. The van der Waals surface area contributed by atoms with Crippen LogP contribution in [-0.4, -0.2) is 22.7 Å². The molecule has 0 aliphatic carbocycles. The summed E-state index contributed by atoms with van der Waals surface area (Å²) in [6.07, 6.45) is 1.59. The number of nitrogens with zero attached hydrogens (tertiary/aromatic N) is 2. The first kappa shape index (κ1) is 20.0. The van der Waals surface area contributed by atoms with E-state index in [-0.39, 0.29) is 18.0 Å². The lowest BCUT2D eigenvalue weighted by Crippen LogP contribution is -2.31. The highest BCUT2D eigenvalue weighted by Crippen LogP contribution is 2.23. The second kappa shape index (κ2) is 9.04. The molecule has 0 atom stereocenters. The molecule has 3 aromatic rings. The number of ether oxygens (including phenoxy) is 2. The minimum absolute atomic E-state index is 0.230. The smallest absolute Gasteiger partial charge is 0.349 e. The third-order valence-electron chi connectivity index (χ3n) is 4.76. The average molecular weight is 413 g/mol. The lowest BCUT2D eigenvalue weighted by molar-refractivity contribution is 0.121. The summed E-state index contributed by atoms with van der Waals surface area (Å²) >= 11 is 0. The Morgan fingerprint density at radius 3 is 2.63 bits per heavy atom. The summed E-state index contributed by atoms with van der Waals surface area (Å²) in [5.41, 5.74) is 1.39. The predicted molar refractivity (Wildman–Crippen MR) is 108 cm³/mol. The van der Waals surface area contributed by atoms with Crippen LogP contribution in [0.4, 0.5) is 14.6 Å². The molecular weight excluding hydrogens is 392 g/mol. The zero-order valence-electron chi connectivity index (χ0n) is 16.2. The van der Waals surface area contributed by atoms with Gasteiger partial charge in [-0.05, 0) is 42.7 Å². The number of rotatable bonds is 7. The highest BCUT2D eigenvalue weighted by Gasteiger charge is 2.12. The van der Waals surface area contributed by atoms with Gasteiger partial charge in [0.2, 0.25) is 0 Å². The Balaban J connectivity index is 1.27. The molecule has 0 fully saturated rings. The molecule has 2 aromatic carbocycles. The van der Waals surface area contributed by atoms with Crippen molar-refractivity contribution in [3.63, 3.8) is 0 Å². The highest BCUT2D eigenvalue weighted by molar-refractivity contribution is 5.38. The van der Waals surface area contributed by atoms with Crippen molar-refractivity contribution in [1.82, 2.24) is 9.55 Å². The van der Waals surface area contributed by atoms with Crippen LogP contribution in [0, 0.1) is 11.6 Å². The zero-order chi connectivity index (χ0) is 20.9. The predicted octanol–water partition coefficient (Wildman–Crippen LogP) is 3.89. The van der Waals surface area contributed by atoms with Gasteiger partial charge in [-0.1, -0.05) is 12.1 Å². The molecule has 1 N–H and O–H groups in total. The van der Waals surface area contributed by atoms with E-state index >= 15 is 0 Å². The molecule has 2 heterocycles. The first-order valence-electron chi connectivity index (χ1n) is 9.73. The van der Waals surface area contributed by atoms with Crippen LogP contribution in [0.25, 0.3) is 0 Å². The minimum atomic E-state index is -0.951. The Kier molecular flexibility index (Phi) is 6.04. The third-order valence-corrected chi connectivity index (χ3v) is 4.76. The molecule has 0 bridgehead atoms. The van der Waals surface area contributed by atoms with Crippen LogP contribution in [0.15, 0.2) is 53.3 Å². The number of nitrogens with one attached hydrogen (secondary N) is 1. The van der Waals surface area contributed by atoms with Crippen molar-refractivity contribution in [2.75, 3.05) is 18.5 Å². The van der Waals surface area contributed by atoms with Crippen molar-refractivity contribution in [3.05, 3.63) is 81.9 Å². The van der Waals surface area contributed by atoms with E-state index in [2.05, 4.69) is 10.3 Å². The van der Waals surface area contributed by atoms with Gasteiger partial charge in [0.05, 0.1) is 18.9 Å². The number of aromatic nitrogens is 2. The van der Waals surface area contributed by atoms with Crippen molar-refractivity contribution in [1.29, 1.82) is 0 Å². The maximum Gasteiger partial charge on any atom is 0.349 e. The maximum atomic E-state index is 13.3. The van der Waals surface area contributed by atoms with Gasteiger partial charge in [0, 0.05) is 25.2 Å². The van der Waals surface area contributed by atoms with Crippen molar-refractivity contribution < 1.29 is 18.3 Å². The first-order valence-corrected chi connectivity index (χ1v) is 9.73. The Bertz CT molecular complexity index is 1080. The van der Waals surface area contributed by atoms with Gasteiger partial charge in [0.15, 0.2) is 11.6 Å². The summed E-state index contributed by atoms with van der Waals surface area (Å²) in [5, 5.41) is 3.20. The molecule has 4 rings (SSSR count). The highest BCUT2D eigenvalue weighted by atomic mass is 19.2. The van der Waals surface area contributed by atoms with Crippen LogP contribution in [0.5, 0.6) is 11.5 Å². The largest absolute Gasteiger partial charge is 0.457 e. The van der Waals surface area contributed by atoms with E-state index < -0.39 is 11.6 Å². The third kappa shape index (κ3) is 4.83. The summed E-state index contributed by atoms with van der Waals surface area (Å²) in [6, 6.07) is 12.5. The van der Waals surface area contributed by atoms with E-state index in [9.17, 15) is 13.6 Å². The molecule has 0 spiro atoms. The summed E-state index contributed by atoms with van der Waals surface area (Å²) < 4.78 is 39.1. The number of hydrogen-bond acceptors (Lipinski definition) is 5.